The Kier molecular flexibility index (Phi) is 4.63. The van der Waals surface area contributed by atoms with Gasteiger partial charge in [-0.3, -0.25) is 9.59 Å². The lowest BCUT2D eigenvalue weighted by molar-refractivity contribution is -0.115. The van der Waals surface area contributed by atoms with E-state index in [9.17, 15) is 9.59 Å². The predicted molar refractivity (Wildman–Crippen MR) is 78.4 cm³/mol. The van der Waals surface area contributed by atoms with Crippen LogP contribution in [0.15, 0.2) is 54.6 Å². The normalized spacial score (nSPS) is 10.1. The van der Waals surface area contributed by atoms with E-state index in [-0.39, 0.29) is 18.1 Å². The average Bonchev–Trinajstić information content (AvgIpc) is 2.49. The van der Waals surface area contributed by atoms with E-state index in [2.05, 4.69) is 5.32 Å². The summed E-state index contributed by atoms with van der Waals surface area (Å²) in [5.74, 6) is -0.513. The smallest absolute Gasteiger partial charge is 0.232 e. The zero-order valence-electron chi connectivity index (χ0n) is 11.0. The zero-order chi connectivity index (χ0) is 14.4. The van der Waals surface area contributed by atoms with Gasteiger partial charge in [0.1, 0.15) is 0 Å². The molecule has 4 nitrogen and oxygen atoms in total. The minimum absolute atomic E-state index is 0.164. The van der Waals surface area contributed by atoms with E-state index < -0.39 is 0 Å². The average molecular weight is 268 g/mol. The maximum atomic E-state index is 11.9. The van der Waals surface area contributed by atoms with Crippen LogP contribution in [-0.4, -0.2) is 11.7 Å². The summed E-state index contributed by atoms with van der Waals surface area (Å²) in [5, 5.41) is 2.69. The van der Waals surface area contributed by atoms with Gasteiger partial charge >= 0.3 is 0 Å². The molecule has 3 N–H and O–H groups in total. The van der Waals surface area contributed by atoms with Crippen molar-refractivity contribution in [2.75, 3.05) is 5.32 Å². The van der Waals surface area contributed by atoms with Crippen molar-refractivity contribution >= 4 is 17.4 Å². The van der Waals surface area contributed by atoms with Gasteiger partial charge in [-0.2, -0.15) is 0 Å². The molecule has 0 fully saturated rings. The molecule has 0 aliphatic heterocycles. The Morgan fingerprint density at radius 1 is 0.950 bits per heavy atom. The SMILES string of the molecule is NCc1ccc(NC(=O)CC(=O)c2ccccc2)cc1. The minimum Gasteiger partial charge on any atom is -0.326 e. The highest BCUT2D eigenvalue weighted by atomic mass is 16.2. The number of rotatable bonds is 5. The van der Waals surface area contributed by atoms with Crippen molar-refractivity contribution in [3.8, 4) is 0 Å². The van der Waals surface area contributed by atoms with Crippen LogP contribution in [-0.2, 0) is 11.3 Å². The molecule has 4 heteroatoms. The van der Waals surface area contributed by atoms with Gasteiger partial charge in [-0.1, -0.05) is 42.5 Å². The number of hydrogen-bond donors (Lipinski definition) is 2. The molecule has 1 amide bonds. The van der Waals surface area contributed by atoms with Gasteiger partial charge in [-0.05, 0) is 17.7 Å². The molecular formula is C16H16N2O2. The summed E-state index contributed by atoms with van der Waals surface area (Å²) >= 11 is 0. The number of amides is 1. The maximum Gasteiger partial charge on any atom is 0.232 e. The molecule has 0 radical (unpaired) electrons. The molecule has 0 bridgehead atoms. The molecule has 0 heterocycles. The molecule has 2 aromatic carbocycles. The lowest BCUT2D eigenvalue weighted by atomic mass is 10.1. The highest BCUT2D eigenvalue weighted by Crippen LogP contribution is 2.10. The van der Waals surface area contributed by atoms with E-state index in [0.29, 0.717) is 17.8 Å². The molecule has 0 atom stereocenters. The molecule has 0 saturated heterocycles. The summed E-state index contributed by atoms with van der Waals surface area (Å²) in [6.45, 7) is 0.459. The Bertz CT molecular complexity index is 592. The number of benzene rings is 2. The second kappa shape index (κ2) is 6.63. The number of ketones is 1. The van der Waals surface area contributed by atoms with Gasteiger partial charge in [0.2, 0.25) is 5.91 Å². The third-order valence-electron chi connectivity index (χ3n) is 2.89. The molecule has 20 heavy (non-hydrogen) atoms. The van der Waals surface area contributed by atoms with Crippen LogP contribution in [0.25, 0.3) is 0 Å². The van der Waals surface area contributed by atoms with Crippen molar-refractivity contribution in [3.05, 3.63) is 65.7 Å². The molecule has 0 unspecified atom stereocenters. The van der Waals surface area contributed by atoms with Crippen molar-refractivity contribution < 1.29 is 9.59 Å². The number of carbonyl (C=O) groups is 2. The molecule has 2 aromatic rings. The first-order valence-electron chi connectivity index (χ1n) is 6.36. The number of nitrogens with two attached hydrogens (primary N) is 1. The minimum atomic E-state index is -0.320. The lowest BCUT2D eigenvalue weighted by Crippen LogP contribution is -2.16. The summed E-state index contributed by atoms with van der Waals surface area (Å²) < 4.78 is 0. The van der Waals surface area contributed by atoms with Gasteiger partial charge in [0.05, 0.1) is 6.42 Å². The van der Waals surface area contributed by atoms with Crippen LogP contribution in [0.1, 0.15) is 22.3 Å². The topological polar surface area (TPSA) is 72.2 Å². The van der Waals surface area contributed by atoms with Crippen LogP contribution < -0.4 is 11.1 Å². The fourth-order valence-electron chi connectivity index (χ4n) is 1.80. The highest BCUT2D eigenvalue weighted by Gasteiger charge is 2.11. The molecular weight excluding hydrogens is 252 g/mol. The second-order valence-electron chi connectivity index (χ2n) is 4.42. The van der Waals surface area contributed by atoms with E-state index in [1.165, 1.54) is 0 Å². The van der Waals surface area contributed by atoms with Crippen LogP contribution in [0.3, 0.4) is 0 Å². The Morgan fingerprint density at radius 2 is 1.60 bits per heavy atom. The van der Waals surface area contributed by atoms with E-state index in [1.54, 1.807) is 36.4 Å². The molecule has 102 valence electrons. The third-order valence-corrected chi connectivity index (χ3v) is 2.89. The molecule has 0 saturated carbocycles. The fraction of sp³-hybridized carbons (Fsp3) is 0.125. The van der Waals surface area contributed by atoms with Crippen LogP contribution in [0.2, 0.25) is 0 Å². The quantitative estimate of drug-likeness (QED) is 0.646. The van der Waals surface area contributed by atoms with Crippen LogP contribution in [0.5, 0.6) is 0 Å². The molecule has 0 aromatic heterocycles. The molecule has 0 spiro atoms. The van der Waals surface area contributed by atoms with E-state index in [4.69, 9.17) is 5.73 Å². The summed E-state index contributed by atoms with van der Waals surface area (Å²) in [6.07, 6.45) is -0.164. The summed E-state index contributed by atoms with van der Waals surface area (Å²) in [4.78, 5) is 23.7. The number of anilines is 1. The van der Waals surface area contributed by atoms with Crippen LogP contribution >= 0.6 is 0 Å². The van der Waals surface area contributed by atoms with Gasteiger partial charge in [0.25, 0.3) is 0 Å². The van der Waals surface area contributed by atoms with Crippen molar-refractivity contribution in [3.63, 3.8) is 0 Å². The Hall–Kier alpha value is -2.46. The van der Waals surface area contributed by atoms with Gasteiger partial charge < -0.3 is 11.1 Å². The fourth-order valence-corrected chi connectivity index (χ4v) is 1.80. The largest absolute Gasteiger partial charge is 0.326 e. The number of carbonyl (C=O) groups excluding carboxylic acids is 2. The molecule has 2 rings (SSSR count). The number of Topliss-reactive ketones (excluding diaryl/α,β-unsaturated/α-hetero) is 1. The first kappa shape index (κ1) is 14.0. The highest BCUT2D eigenvalue weighted by molar-refractivity contribution is 6.10. The van der Waals surface area contributed by atoms with E-state index in [1.807, 2.05) is 18.2 Å². The van der Waals surface area contributed by atoms with Crippen LogP contribution in [0.4, 0.5) is 5.69 Å². The molecule has 0 aliphatic carbocycles. The first-order chi connectivity index (χ1) is 9.69. The summed E-state index contributed by atoms with van der Waals surface area (Å²) in [6, 6.07) is 16.0. The van der Waals surface area contributed by atoms with Gasteiger partial charge in [0.15, 0.2) is 5.78 Å². The Labute approximate surface area is 117 Å². The van der Waals surface area contributed by atoms with E-state index in [0.717, 1.165) is 5.56 Å². The Balaban J connectivity index is 1.93. The predicted octanol–water partition coefficient (Wildman–Crippen LogP) is 2.36. The second-order valence-corrected chi connectivity index (χ2v) is 4.42. The van der Waals surface area contributed by atoms with Crippen molar-refractivity contribution in [2.24, 2.45) is 5.73 Å². The number of nitrogens with one attached hydrogen (secondary N) is 1. The third kappa shape index (κ3) is 3.76. The van der Waals surface area contributed by atoms with Crippen LogP contribution in [0, 0.1) is 0 Å². The lowest BCUT2D eigenvalue weighted by Gasteiger charge is -2.05. The summed E-state index contributed by atoms with van der Waals surface area (Å²) in [7, 11) is 0. The monoisotopic (exact) mass is 268 g/mol. The van der Waals surface area contributed by atoms with Crippen molar-refractivity contribution in [2.45, 2.75) is 13.0 Å². The number of hydrogen-bond acceptors (Lipinski definition) is 3. The zero-order valence-corrected chi connectivity index (χ0v) is 11.0. The summed E-state index contributed by atoms with van der Waals surface area (Å²) in [5.41, 5.74) is 7.69. The van der Waals surface area contributed by atoms with Gasteiger partial charge in [0, 0.05) is 17.8 Å². The maximum absolute atomic E-state index is 11.9. The van der Waals surface area contributed by atoms with Crippen molar-refractivity contribution in [1.82, 2.24) is 0 Å². The van der Waals surface area contributed by atoms with E-state index >= 15 is 0 Å². The molecule has 0 aliphatic rings. The van der Waals surface area contributed by atoms with Crippen molar-refractivity contribution in [1.29, 1.82) is 0 Å². The van der Waals surface area contributed by atoms with Gasteiger partial charge in [-0.15, -0.1) is 0 Å². The first-order valence-corrected chi connectivity index (χ1v) is 6.36. The van der Waals surface area contributed by atoms with Gasteiger partial charge in [-0.25, -0.2) is 0 Å². The Morgan fingerprint density at radius 3 is 2.20 bits per heavy atom. The standard InChI is InChI=1S/C16H16N2O2/c17-11-12-6-8-14(9-7-12)18-16(20)10-15(19)13-4-2-1-3-5-13/h1-9H,10-11,17H2,(H,18,20).